The maximum atomic E-state index is 5.62. The molecule has 98 valence electrons. The van der Waals surface area contributed by atoms with Gasteiger partial charge in [0.2, 0.25) is 0 Å². The van der Waals surface area contributed by atoms with Gasteiger partial charge < -0.3 is 15.2 Å². The van der Waals surface area contributed by atoms with Gasteiger partial charge in [-0.15, -0.1) is 12.4 Å². The lowest BCUT2D eigenvalue weighted by Crippen LogP contribution is -2.05. The summed E-state index contributed by atoms with van der Waals surface area (Å²) in [5.41, 5.74) is 6.71. The van der Waals surface area contributed by atoms with Crippen molar-refractivity contribution < 1.29 is 9.47 Å². The van der Waals surface area contributed by atoms with E-state index in [0.29, 0.717) is 6.54 Å². The molecule has 2 aromatic carbocycles. The van der Waals surface area contributed by atoms with Gasteiger partial charge in [0.1, 0.15) is 11.5 Å². The molecule has 3 nitrogen and oxygen atoms in total. The summed E-state index contributed by atoms with van der Waals surface area (Å²) in [7, 11) is 3.37. The van der Waals surface area contributed by atoms with E-state index in [4.69, 9.17) is 15.2 Å². The van der Waals surface area contributed by atoms with Gasteiger partial charge in [-0.25, -0.2) is 0 Å². The number of nitrogens with two attached hydrogens (primary N) is 1. The molecule has 0 amide bonds. The Balaban J connectivity index is 0.00000162. The summed E-state index contributed by atoms with van der Waals surface area (Å²) < 4.78 is 10.9. The minimum absolute atomic E-state index is 0. The molecule has 0 aromatic heterocycles. The largest absolute Gasteiger partial charge is 0.496 e. The number of fused-ring (bicyclic) bond motifs is 1. The summed E-state index contributed by atoms with van der Waals surface area (Å²) in [6.07, 6.45) is 0.782. The third-order valence-corrected chi connectivity index (χ3v) is 2.87. The van der Waals surface area contributed by atoms with E-state index in [0.717, 1.165) is 34.3 Å². The standard InChI is InChI=1S/C14H17NO2.ClH/c1-16-13-9-10(7-8-15)14(17-2)12-6-4-3-5-11(12)13;/h3-6,9H,7-8,15H2,1-2H3;1H. The van der Waals surface area contributed by atoms with E-state index in [2.05, 4.69) is 0 Å². The molecule has 18 heavy (non-hydrogen) atoms. The van der Waals surface area contributed by atoms with Crippen molar-refractivity contribution in [2.45, 2.75) is 6.42 Å². The Morgan fingerprint density at radius 1 is 1.06 bits per heavy atom. The van der Waals surface area contributed by atoms with Crippen LogP contribution in [0.4, 0.5) is 0 Å². The number of rotatable bonds is 4. The second kappa shape index (κ2) is 6.47. The lowest BCUT2D eigenvalue weighted by atomic mass is 10.0. The van der Waals surface area contributed by atoms with Crippen molar-refractivity contribution in [1.82, 2.24) is 0 Å². The van der Waals surface area contributed by atoms with Gasteiger partial charge in [0, 0.05) is 10.8 Å². The highest BCUT2D eigenvalue weighted by Gasteiger charge is 2.12. The van der Waals surface area contributed by atoms with Gasteiger partial charge in [-0.2, -0.15) is 0 Å². The monoisotopic (exact) mass is 267 g/mol. The summed E-state index contributed by atoms with van der Waals surface area (Å²) in [4.78, 5) is 0. The normalized spacial score (nSPS) is 9.94. The topological polar surface area (TPSA) is 44.5 Å². The summed E-state index contributed by atoms with van der Waals surface area (Å²) >= 11 is 0. The molecule has 0 saturated heterocycles. The predicted octanol–water partition coefficient (Wildman–Crippen LogP) is 2.78. The second-order valence-corrected chi connectivity index (χ2v) is 3.86. The quantitative estimate of drug-likeness (QED) is 0.926. The molecule has 0 heterocycles. The Hall–Kier alpha value is -1.45. The van der Waals surface area contributed by atoms with Crippen LogP contribution in [0.25, 0.3) is 10.8 Å². The first-order valence-corrected chi connectivity index (χ1v) is 5.64. The van der Waals surface area contributed by atoms with Crippen molar-refractivity contribution in [3.8, 4) is 11.5 Å². The minimum atomic E-state index is 0. The zero-order valence-electron chi connectivity index (χ0n) is 10.6. The average molecular weight is 268 g/mol. The maximum Gasteiger partial charge on any atom is 0.130 e. The SMILES string of the molecule is COc1cc(CCN)c(OC)c2ccccc12.Cl. The van der Waals surface area contributed by atoms with Gasteiger partial charge in [0.05, 0.1) is 14.2 Å². The van der Waals surface area contributed by atoms with Crippen LogP contribution in [0.15, 0.2) is 30.3 Å². The van der Waals surface area contributed by atoms with Crippen molar-refractivity contribution >= 4 is 23.2 Å². The molecule has 0 fully saturated rings. The fourth-order valence-electron chi connectivity index (χ4n) is 2.12. The molecule has 0 aliphatic carbocycles. The average Bonchev–Trinajstić information content (AvgIpc) is 2.38. The van der Waals surface area contributed by atoms with Crippen LogP contribution >= 0.6 is 12.4 Å². The number of hydrogen-bond donors (Lipinski definition) is 1. The smallest absolute Gasteiger partial charge is 0.130 e. The van der Waals surface area contributed by atoms with E-state index in [-0.39, 0.29) is 12.4 Å². The zero-order chi connectivity index (χ0) is 12.3. The van der Waals surface area contributed by atoms with Gasteiger partial charge in [0.15, 0.2) is 0 Å². The Morgan fingerprint density at radius 3 is 2.28 bits per heavy atom. The second-order valence-electron chi connectivity index (χ2n) is 3.86. The summed E-state index contributed by atoms with van der Waals surface area (Å²) in [5, 5.41) is 2.13. The van der Waals surface area contributed by atoms with Gasteiger partial charge in [0.25, 0.3) is 0 Å². The summed E-state index contributed by atoms with van der Waals surface area (Å²) in [6, 6.07) is 10.1. The Morgan fingerprint density at radius 2 is 1.72 bits per heavy atom. The van der Waals surface area contributed by atoms with Crippen LogP contribution in [0, 0.1) is 0 Å². The molecule has 0 bridgehead atoms. The van der Waals surface area contributed by atoms with E-state index >= 15 is 0 Å². The van der Waals surface area contributed by atoms with Gasteiger partial charge >= 0.3 is 0 Å². The molecule has 0 spiro atoms. The minimum Gasteiger partial charge on any atom is -0.496 e. The molecule has 2 aromatic rings. The number of hydrogen-bond acceptors (Lipinski definition) is 3. The molecule has 0 atom stereocenters. The summed E-state index contributed by atoms with van der Waals surface area (Å²) in [6.45, 7) is 0.595. The number of halogens is 1. The van der Waals surface area contributed by atoms with Crippen LogP contribution < -0.4 is 15.2 Å². The highest BCUT2D eigenvalue weighted by molar-refractivity contribution is 5.94. The Kier molecular flexibility index (Phi) is 5.25. The predicted molar refractivity (Wildman–Crippen MR) is 77.1 cm³/mol. The maximum absolute atomic E-state index is 5.62. The number of ether oxygens (including phenoxy) is 2. The molecule has 0 aliphatic rings. The van der Waals surface area contributed by atoms with Crippen molar-refractivity contribution in [1.29, 1.82) is 0 Å². The molecule has 0 radical (unpaired) electrons. The van der Waals surface area contributed by atoms with Crippen LogP contribution in [0.5, 0.6) is 11.5 Å². The van der Waals surface area contributed by atoms with Gasteiger partial charge in [-0.1, -0.05) is 24.3 Å². The first kappa shape index (κ1) is 14.6. The van der Waals surface area contributed by atoms with Crippen LogP contribution in [0.2, 0.25) is 0 Å². The van der Waals surface area contributed by atoms with Crippen molar-refractivity contribution in [2.24, 2.45) is 5.73 Å². The van der Waals surface area contributed by atoms with E-state index in [9.17, 15) is 0 Å². The lowest BCUT2D eigenvalue weighted by Gasteiger charge is -2.14. The molecule has 4 heteroatoms. The van der Waals surface area contributed by atoms with Crippen LogP contribution in [0.1, 0.15) is 5.56 Å². The first-order valence-electron chi connectivity index (χ1n) is 5.64. The molecule has 0 aliphatic heterocycles. The zero-order valence-corrected chi connectivity index (χ0v) is 11.4. The fraction of sp³-hybridized carbons (Fsp3) is 0.286. The highest BCUT2D eigenvalue weighted by atomic mass is 35.5. The first-order chi connectivity index (χ1) is 8.31. The molecule has 0 unspecified atom stereocenters. The Labute approximate surface area is 113 Å². The van der Waals surface area contributed by atoms with Crippen LogP contribution in [0.3, 0.4) is 0 Å². The lowest BCUT2D eigenvalue weighted by molar-refractivity contribution is 0.406. The van der Waals surface area contributed by atoms with Crippen molar-refractivity contribution in [3.63, 3.8) is 0 Å². The van der Waals surface area contributed by atoms with E-state index in [1.165, 1.54) is 0 Å². The highest BCUT2D eigenvalue weighted by Crippen LogP contribution is 2.36. The third-order valence-electron chi connectivity index (χ3n) is 2.87. The number of methoxy groups -OCH3 is 2. The van der Waals surface area contributed by atoms with E-state index < -0.39 is 0 Å². The molecule has 0 saturated carbocycles. The van der Waals surface area contributed by atoms with E-state index in [1.54, 1.807) is 14.2 Å². The molecule has 2 rings (SSSR count). The van der Waals surface area contributed by atoms with Gasteiger partial charge in [-0.05, 0) is 24.6 Å². The van der Waals surface area contributed by atoms with Crippen molar-refractivity contribution in [3.05, 3.63) is 35.9 Å². The van der Waals surface area contributed by atoms with Crippen LogP contribution in [-0.4, -0.2) is 20.8 Å². The van der Waals surface area contributed by atoms with Gasteiger partial charge in [-0.3, -0.25) is 0 Å². The Bertz CT molecular complexity index is 528. The van der Waals surface area contributed by atoms with Crippen LogP contribution in [-0.2, 0) is 6.42 Å². The number of benzene rings is 2. The van der Waals surface area contributed by atoms with Crippen molar-refractivity contribution in [2.75, 3.05) is 20.8 Å². The molecular weight excluding hydrogens is 250 g/mol. The molecular formula is C14H18ClNO2. The fourth-order valence-corrected chi connectivity index (χ4v) is 2.12. The summed E-state index contributed by atoms with van der Waals surface area (Å²) in [5.74, 6) is 1.76. The third kappa shape index (κ3) is 2.52. The van der Waals surface area contributed by atoms with E-state index in [1.807, 2.05) is 30.3 Å². The molecule has 2 N–H and O–H groups in total.